The Balaban J connectivity index is 2.25. The zero-order valence-corrected chi connectivity index (χ0v) is 10.1. The SMILES string of the molecule is COc1cc(C2SCCS2)ccc1C. The van der Waals surface area contributed by atoms with Crippen molar-refractivity contribution in [3.05, 3.63) is 29.3 Å². The molecule has 1 fully saturated rings. The first-order valence-electron chi connectivity index (χ1n) is 4.69. The summed E-state index contributed by atoms with van der Waals surface area (Å²) in [5.74, 6) is 3.55. The van der Waals surface area contributed by atoms with E-state index in [1.165, 1.54) is 22.6 Å². The third-order valence-electron chi connectivity index (χ3n) is 2.33. The zero-order chi connectivity index (χ0) is 9.97. The van der Waals surface area contributed by atoms with E-state index in [-0.39, 0.29) is 0 Å². The standard InChI is InChI=1S/C11H14OS2/c1-8-3-4-9(7-10(8)12-2)11-13-5-6-14-11/h3-4,7,11H,5-6H2,1-2H3. The highest BCUT2D eigenvalue weighted by Gasteiger charge is 2.18. The number of thioether (sulfide) groups is 2. The molecule has 1 heterocycles. The maximum absolute atomic E-state index is 5.33. The largest absolute Gasteiger partial charge is 0.496 e. The molecular formula is C11H14OS2. The van der Waals surface area contributed by atoms with Crippen molar-refractivity contribution in [3.8, 4) is 5.75 Å². The fraction of sp³-hybridized carbons (Fsp3) is 0.455. The van der Waals surface area contributed by atoms with Crippen LogP contribution in [0.4, 0.5) is 0 Å². The van der Waals surface area contributed by atoms with Gasteiger partial charge in [-0.2, -0.15) is 0 Å². The fourth-order valence-corrected chi connectivity index (χ4v) is 4.37. The molecule has 14 heavy (non-hydrogen) atoms. The van der Waals surface area contributed by atoms with Gasteiger partial charge < -0.3 is 4.74 Å². The minimum absolute atomic E-state index is 0.615. The monoisotopic (exact) mass is 226 g/mol. The van der Waals surface area contributed by atoms with E-state index in [4.69, 9.17) is 4.74 Å². The van der Waals surface area contributed by atoms with Crippen LogP contribution in [0.25, 0.3) is 0 Å². The Morgan fingerprint density at radius 2 is 2.00 bits per heavy atom. The van der Waals surface area contributed by atoms with Crippen molar-refractivity contribution < 1.29 is 4.74 Å². The van der Waals surface area contributed by atoms with Crippen LogP contribution >= 0.6 is 23.5 Å². The van der Waals surface area contributed by atoms with Crippen LogP contribution in [0.3, 0.4) is 0 Å². The van der Waals surface area contributed by atoms with Crippen LogP contribution in [0, 0.1) is 6.92 Å². The Hall–Kier alpha value is -0.280. The summed E-state index contributed by atoms with van der Waals surface area (Å²) >= 11 is 4.06. The maximum atomic E-state index is 5.33. The molecule has 1 aliphatic heterocycles. The van der Waals surface area contributed by atoms with Crippen molar-refractivity contribution in [2.75, 3.05) is 18.6 Å². The van der Waals surface area contributed by atoms with Gasteiger partial charge in [0.25, 0.3) is 0 Å². The molecule has 0 saturated carbocycles. The Labute approximate surface area is 93.6 Å². The van der Waals surface area contributed by atoms with Crippen LogP contribution in [-0.4, -0.2) is 18.6 Å². The summed E-state index contributed by atoms with van der Waals surface area (Å²) in [5, 5.41) is 0. The number of hydrogen-bond acceptors (Lipinski definition) is 3. The third-order valence-corrected chi connectivity index (χ3v) is 5.43. The highest BCUT2D eigenvalue weighted by molar-refractivity contribution is 8.19. The lowest BCUT2D eigenvalue weighted by Gasteiger charge is -2.11. The molecule has 1 saturated heterocycles. The number of ether oxygens (including phenoxy) is 1. The highest BCUT2D eigenvalue weighted by Crippen LogP contribution is 2.46. The van der Waals surface area contributed by atoms with E-state index in [0.29, 0.717) is 4.58 Å². The van der Waals surface area contributed by atoms with Crippen molar-refractivity contribution in [1.82, 2.24) is 0 Å². The van der Waals surface area contributed by atoms with E-state index in [0.717, 1.165) is 5.75 Å². The van der Waals surface area contributed by atoms with Crippen LogP contribution in [0.2, 0.25) is 0 Å². The van der Waals surface area contributed by atoms with Gasteiger partial charge in [-0.25, -0.2) is 0 Å². The second kappa shape index (κ2) is 4.49. The van der Waals surface area contributed by atoms with Gasteiger partial charge in [-0.3, -0.25) is 0 Å². The van der Waals surface area contributed by atoms with E-state index in [2.05, 4.69) is 25.1 Å². The lowest BCUT2D eigenvalue weighted by atomic mass is 10.1. The molecule has 3 heteroatoms. The Morgan fingerprint density at radius 3 is 2.64 bits per heavy atom. The summed E-state index contributed by atoms with van der Waals surface area (Å²) in [7, 11) is 1.74. The lowest BCUT2D eigenvalue weighted by Crippen LogP contribution is -1.91. The van der Waals surface area contributed by atoms with Crippen molar-refractivity contribution in [1.29, 1.82) is 0 Å². The Kier molecular flexibility index (Phi) is 3.29. The molecule has 0 aliphatic carbocycles. The normalized spacial score (nSPS) is 17.3. The minimum atomic E-state index is 0.615. The molecule has 2 rings (SSSR count). The molecular weight excluding hydrogens is 212 g/mol. The number of rotatable bonds is 2. The number of hydrogen-bond donors (Lipinski definition) is 0. The van der Waals surface area contributed by atoms with Crippen LogP contribution in [0.5, 0.6) is 5.75 Å². The smallest absolute Gasteiger partial charge is 0.122 e. The summed E-state index contributed by atoms with van der Waals surface area (Å²) in [6.07, 6.45) is 0. The summed E-state index contributed by atoms with van der Waals surface area (Å²) in [6, 6.07) is 6.53. The van der Waals surface area contributed by atoms with Crippen LogP contribution in [0.15, 0.2) is 18.2 Å². The molecule has 0 radical (unpaired) electrons. The third kappa shape index (κ3) is 2.04. The number of aryl methyl sites for hydroxylation is 1. The van der Waals surface area contributed by atoms with E-state index >= 15 is 0 Å². The first kappa shape index (κ1) is 10.2. The van der Waals surface area contributed by atoms with Gasteiger partial charge >= 0.3 is 0 Å². The van der Waals surface area contributed by atoms with Crippen molar-refractivity contribution in [2.45, 2.75) is 11.5 Å². The topological polar surface area (TPSA) is 9.23 Å². The van der Waals surface area contributed by atoms with Crippen molar-refractivity contribution in [2.24, 2.45) is 0 Å². The molecule has 1 nitrogen and oxygen atoms in total. The van der Waals surface area contributed by atoms with E-state index in [1.54, 1.807) is 7.11 Å². The summed E-state index contributed by atoms with van der Waals surface area (Å²) in [4.78, 5) is 0. The molecule has 76 valence electrons. The van der Waals surface area contributed by atoms with Gasteiger partial charge in [0.2, 0.25) is 0 Å². The molecule has 0 bridgehead atoms. The van der Waals surface area contributed by atoms with Gasteiger partial charge in [0.15, 0.2) is 0 Å². The highest BCUT2D eigenvalue weighted by atomic mass is 32.2. The quantitative estimate of drug-likeness (QED) is 0.764. The molecule has 0 unspecified atom stereocenters. The first-order valence-corrected chi connectivity index (χ1v) is 6.79. The van der Waals surface area contributed by atoms with Crippen LogP contribution < -0.4 is 4.74 Å². The second-order valence-corrected chi connectivity index (χ2v) is 6.03. The van der Waals surface area contributed by atoms with E-state index in [9.17, 15) is 0 Å². The minimum Gasteiger partial charge on any atom is -0.496 e. The molecule has 0 atom stereocenters. The predicted octanol–water partition coefficient (Wildman–Crippen LogP) is 3.48. The van der Waals surface area contributed by atoms with E-state index < -0.39 is 0 Å². The first-order chi connectivity index (χ1) is 6.81. The molecule has 1 aromatic carbocycles. The van der Waals surface area contributed by atoms with Crippen LogP contribution in [-0.2, 0) is 0 Å². The predicted molar refractivity (Wildman–Crippen MR) is 65.4 cm³/mol. The van der Waals surface area contributed by atoms with Crippen molar-refractivity contribution in [3.63, 3.8) is 0 Å². The number of benzene rings is 1. The average molecular weight is 226 g/mol. The Morgan fingerprint density at radius 1 is 1.29 bits per heavy atom. The molecule has 1 aromatic rings. The summed E-state index contributed by atoms with van der Waals surface area (Å²) in [5.41, 5.74) is 2.60. The number of methoxy groups -OCH3 is 1. The van der Waals surface area contributed by atoms with E-state index in [1.807, 2.05) is 23.5 Å². The van der Waals surface area contributed by atoms with Gasteiger partial charge in [0.1, 0.15) is 5.75 Å². The van der Waals surface area contributed by atoms with Crippen LogP contribution in [0.1, 0.15) is 15.7 Å². The molecule has 0 amide bonds. The van der Waals surface area contributed by atoms with Gasteiger partial charge in [-0.1, -0.05) is 12.1 Å². The molecule has 1 aliphatic rings. The zero-order valence-electron chi connectivity index (χ0n) is 8.45. The molecule has 0 aromatic heterocycles. The molecule has 0 N–H and O–H groups in total. The van der Waals surface area contributed by atoms with Crippen molar-refractivity contribution >= 4 is 23.5 Å². The summed E-state index contributed by atoms with van der Waals surface area (Å²) in [6.45, 7) is 2.08. The Bertz CT molecular complexity index is 319. The van der Waals surface area contributed by atoms with Gasteiger partial charge in [0, 0.05) is 11.5 Å². The lowest BCUT2D eigenvalue weighted by molar-refractivity contribution is 0.411. The van der Waals surface area contributed by atoms with Gasteiger partial charge in [-0.15, -0.1) is 23.5 Å². The maximum Gasteiger partial charge on any atom is 0.122 e. The molecule has 0 spiro atoms. The fourth-order valence-electron chi connectivity index (χ4n) is 1.53. The van der Waals surface area contributed by atoms with Gasteiger partial charge in [-0.05, 0) is 24.1 Å². The average Bonchev–Trinajstić information content (AvgIpc) is 2.71. The van der Waals surface area contributed by atoms with Gasteiger partial charge in [0.05, 0.1) is 11.7 Å². The second-order valence-electron chi connectivity index (χ2n) is 3.30. The summed E-state index contributed by atoms with van der Waals surface area (Å²) < 4.78 is 5.94.